The van der Waals surface area contributed by atoms with E-state index >= 15 is 0 Å². The number of benzene rings is 2. The van der Waals surface area contributed by atoms with Crippen LogP contribution in [0.25, 0.3) is 10.2 Å². The molecule has 0 saturated carbocycles. The van der Waals surface area contributed by atoms with Crippen LogP contribution in [0.3, 0.4) is 0 Å². The number of ether oxygens (including phenoxy) is 1. The van der Waals surface area contributed by atoms with Crippen molar-refractivity contribution < 1.29 is 9.53 Å². The van der Waals surface area contributed by atoms with Gasteiger partial charge in [0.25, 0.3) is 5.91 Å². The van der Waals surface area contributed by atoms with Crippen LogP contribution >= 0.6 is 34.5 Å². The van der Waals surface area contributed by atoms with Crippen LogP contribution in [-0.2, 0) is 0 Å². The molecule has 0 atom stereocenters. The number of halogens is 2. The number of hydrogen-bond acceptors (Lipinski definition) is 5. The minimum atomic E-state index is -0.192. The number of amides is 1. The molecule has 0 radical (unpaired) electrons. The van der Waals surface area contributed by atoms with Gasteiger partial charge < -0.3 is 9.64 Å². The first-order valence-electron chi connectivity index (χ1n) is 9.34. The highest BCUT2D eigenvalue weighted by molar-refractivity contribution is 7.22. The molecule has 3 rings (SSSR count). The van der Waals surface area contributed by atoms with E-state index in [4.69, 9.17) is 32.9 Å². The summed E-state index contributed by atoms with van der Waals surface area (Å²) in [7, 11) is 4.02. The van der Waals surface area contributed by atoms with Crippen molar-refractivity contribution in [2.45, 2.75) is 13.3 Å². The Morgan fingerprint density at radius 2 is 1.97 bits per heavy atom. The molecule has 2 aromatic carbocycles. The van der Waals surface area contributed by atoms with Crippen LogP contribution in [0.5, 0.6) is 5.75 Å². The second kappa shape index (κ2) is 9.76. The Morgan fingerprint density at radius 1 is 1.17 bits per heavy atom. The quantitative estimate of drug-likeness (QED) is 0.446. The van der Waals surface area contributed by atoms with E-state index in [2.05, 4.69) is 4.90 Å². The van der Waals surface area contributed by atoms with Crippen LogP contribution < -0.4 is 9.64 Å². The normalized spacial score (nSPS) is 11.2. The van der Waals surface area contributed by atoms with E-state index < -0.39 is 0 Å². The lowest BCUT2D eigenvalue weighted by Gasteiger charge is -2.21. The summed E-state index contributed by atoms with van der Waals surface area (Å²) in [5, 5.41) is 1.45. The fourth-order valence-corrected chi connectivity index (χ4v) is 4.43. The summed E-state index contributed by atoms with van der Waals surface area (Å²) in [6.45, 7) is 3.87. The molecule has 3 aromatic rings. The predicted octanol–water partition coefficient (Wildman–Crippen LogP) is 5.60. The number of fused-ring (bicyclic) bond motifs is 1. The Balaban J connectivity index is 1.99. The first-order chi connectivity index (χ1) is 13.9. The lowest BCUT2D eigenvalue weighted by molar-refractivity contribution is 0.0986. The number of anilines is 1. The summed E-state index contributed by atoms with van der Waals surface area (Å²) in [5.74, 6) is 0.528. The number of hydrogen-bond donors (Lipinski definition) is 0. The number of rotatable bonds is 8. The van der Waals surface area contributed by atoms with Crippen LogP contribution in [0.15, 0.2) is 36.4 Å². The van der Waals surface area contributed by atoms with E-state index in [9.17, 15) is 4.79 Å². The molecule has 0 fully saturated rings. The van der Waals surface area contributed by atoms with Gasteiger partial charge in [-0.2, -0.15) is 0 Å². The van der Waals surface area contributed by atoms with Crippen LogP contribution in [-0.4, -0.2) is 49.6 Å². The summed E-state index contributed by atoms with van der Waals surface area (Å²) >= 11 is 13.8. The van der Waals surface area contributed by atoms with Gasteiger partial charge in [-0.05, 0) is 64.3 Å². The smallest absolute Gasteiger partial charge is 0.261 e. The van der Waals surface area contributed by atoms with Gasteiger partial charge in [0, 0.05) is 11.6 Å². The van der Waals surface area contributed by atoms with E-state index in [1.165, 1.54) is 11.3 Å². The molecule has 0 aliphatic carbocycles. The van der Waals surface area contributed by atoms with Gasteiger partial charge in [-0.3, -0.25) is 9.69 Å². The minimum Gasteiger partial charge on any atom is -0.492 e. The Kier molecular flexibility index (Phi) is 7.35. The average Bonchev–Trinajstić information content (AvgIpc) is 3.09. The van der Waals surface area contributed by atoms with Crippen molar-refractivity contribution in [3.8, 4) is 5.75 Å². The molecule has 0 spiro atoms. The third-order valence-electron chi connectivity index (χ3n) is 4.30. The minimum absolute atomic E-state index is 0.192. The molecular weight excluding hydrogens is 429 g/mol. The van der Waals surface area contributed by atoms with Gasteiger partial charge in [-0.15, -0.1) is 0 Å². The second-order valence-electron chi connectivity index (χ2n) is 6.77. The lowest BCUT2D eigenvalue weighted by Crippen LogP contribution is -2.33. The summed E-state index contributed by atoms with van der Waals surface area (Å²) < 4.78 is 6.67. The molecule has 0 unspecified atom stereocenters. The molecule has 29 heavy (non-hydrogen) atoms. The van der Waals surface area contributed by atoms with E-state index in [0.29, 0.717) is 33.9 Å². The van der Waals surface area contributed by atoms with Gasteiger partial charge in [0.05, 0.1) is 21.9 Å². The molecule has 8 heteroatoms. The Hall–Kier alpha value is -1.86. The number of thiazole rings is 1. The van der Waals surface area contributed by atoms with Crippen LogP contribution in [0.4, 0.5) is 5.13 Å². The number of aromatic nitrogens is 1. The summed E-state index contributed by atoms with van der Waals surface area (Å²) in [5.41, 5.74) is 1.17. The van der Waals surface area contributed by atoms with Gasteiger partial charge in [0.1, 0.15) is 11.3 Å². The Labute approximate surface area is 184 Å². The maximum Gasteiger partial charge on any atom is 0.261 e. The third kappa shape index (κ3) is 5.20. The topological polar surface area (TPSA) is 45.7 Å². The van der Waals surface area contributed by atoms with Gasteiger partial charge in [0.2, 0.25) is 0 Å². The van der Waals surface area contributed by atoms with Crippen LogP contribution in [0.1, 0.15) is 23.7 Å². The van der Waals surface area contributed by atoms with Crippen molar-refractivity contribution in [2.24, 2.45) is 0 Å². The molecule has 0 aliphatic heterocycles. The molecule has 1 amide bonds. The number of para-hydroxylation sites is 1. The standard InChI is InChI=1S/C21H23Cl2N3O2S/c1-4-28-17-7-5-8-18-19(17)24-21(29-18)26(12-6-11-25(2)3)20(27)15-10-9-14(22)13-16(15)23/h5,7-10,13H,4,6,11-12H2,1-3H3. The van der Waals surface area contributed by atoms with Crippen molar-refractivity contribution in [2.75, 3.05) is 38.7 Å². The van der Waals surface area contributed by atoms with Gasteiger partial charge >= 0.3 is 0 Å². The first kappa shape index (κ1) is 21.8. The molecule has 154 valence electrons. The first-order valence-corrected chi connectivity index (χ1v) is 10.9. The largest absolute Gasteiger partial charge is 0.492 e. The summed E-state index contributed by atoms with van der Waals surface area (Å²) in [6.07, 6.45) is 0.804. The highest BCUT2D eigenvalue weighted by Gasteiger charge is 2.24. The highest BCUT2D eigenvalue weighted by Crippen LogP contribution is 2.35. The monoisotopic (exact) mass is 451 g/mol. The molecule has 0 N–H and O–H groups in total. The average molecular weight is 452 g/mol. The SMILES string of the molecule is CCOc1cccc2sc(N(CCCN(C)C)C(=O)c3ccc(Cl)cc3Cl)nc12. The van der Waals surface area contributed by atoms with E-state index in [1.807, 2.05) is 39.2 Å². The van der Waals surface area contributed by atoms with E-state index in [1.54, 1.807) is 23.1 Å². The predicted molar refractivity (Wildman–Crippen MR) is 122 cm³/mol. The van der Waals surface area contributed by atoms with Gasteiger partial charge in [-0.25, -0.2) is 4.98 Å². The molecule has 0 bridgehead atoms. The molecule has 0 aliphatic rings. The zero-order chi connectivity index (χ0) is 21.0. The molecule has 1 heterocycles. The van der Waals surface area contributed by atoms with E-state index in [-0.39, 0.29) is 5.91 Å². The maximum atomic E-state index is 13.4. The number of nitrogens with zero attached hydrogens (tertiary/aromatic N) is 3. The zero-order valence-corrected chi connectivity index (χ0v) is 18.9. The third-order valence-corrected chi connectivity index (χ3v) is 5.89. The molecule has 0 saturated heterocycles. The highest BCUT2D eigenvalue weighted by atomic mass is 35.5. The van der Waals surface area contributed by atoms with Gasteiger partial charge in [0.15, 0.2) is 5.13 Å². The fraction of sp³-hybridized carbons (Fsp3) is 0.333. The molecule has 5 nitrogen and oxygen atoms in total. The molecule has 1 aromatic heterocycles. The second-order valence-corrected chi connectivity index (χ2v) is 8.62. The van der Waals surface area contributed by atoms with Crippen molar-refractivity contribution in [1.82, 2.24) is 9.88 Å². The summed E-state index contributed by atoms with van der Waals surface area (Å²) in [6, 6.07) is 10.7. The molecular formula is C21H23Cl2N3O2S. The van der Waals surface area contributed by atoms with Gasteiger partial charge in [-0.1, -0.05) is 40.6 Å². The number of carbonyl (C=O) groups is 1. The fourth-order valence-electron chi connectivity index (χ4n) is 2.94. The maximum absolute atomic E-state index is 13.4. The summed E-state index contributed by atoms with van der Waals surface area (Å²) in [4.78, 5) is 21.9. The van der Waals surface area contributed by atoms with Crippen molar-refractivity contribution in [3.05, 3.63) is 52.0 Å². The van der Waals surface area contributed by atoms with E-state index in [0.717, 1.165) is 28.9 Å². The zero-order valence-electron chi connectivity index (χ0n) is 16.6. The Morgan fingerprint density at radius 3 is 2.66 bits per heavy atom. The Bertz CT molecular complexity index is 1010. The van der Waals surface area contributed by atoms with Crippen molar-refractivity contribution >= 4 is 55.8 Å². The number of carbonyl (C=O) groups excluding carboxylic acids is 1. The van der Waals surface area contributed by atoms with Crippen LogP contribution in [0, 0.1) is 0 Å². The van der Waals surface area contributed by atoms with Crippen molar-refractivity contribution in [3.63, 3.8) is 0 Å². The van der Waals surface area contributed by atoms with Crippen molar-refractivity contribution in [1.29, 1.82) is 0 Å². The van der Waals surface area contributed by atoms with Crippen LogP contribution in [0.2, 0.25) is 10.0 Å². The lowest BCUT2D eigenvalue weighted by atomic mass is 10.2.